The van der Waals surface area contributed by atoms with Crippen molar-refractivity contribution >= 4 is 39.8 Å². The van der Waals surface area contributed by atoms with Crippen molar-refractivity contribution in [3.8, 4) is 0 Å². The monoisotopic (exact) mass is 431 g/mol. The Balaban J connectivity index is 1.72. The molecule has 3 rings (SSSR count). The summed E-state index contributed by atoms with van der Waals surface area (Å²) in [4.78, 5) is 38.0. The molecule has 2 aromatic rings. The van der Waals surface area contributed by atoms with E-state index in [1.54, 1.807) is 13.8 Å². The maximum atomic E-state index is 13.0. The third-order valence-corrected chi connectivity index (χ3v) is 5.88. The second kappa shape index (κ2) is 9.62. The Morgan fingerprint density at radius 3 is 2.53 bits per heavy atom. The molecular weight excluding hydrogens is 409 g/mol. The van der Waals surface area contributed by atoms with Gasteiger partial charge >= 0.3 is 17.8 Å². The van der Waals surface area contributed by atoms with Gasteiger partial charge in [0.2, 0.25) is 0 Å². The van der Waals surface area contributed by atoms with E-state index in [1.165, 1.54) is 35.6 Å². The zero-order valence-electron chi connectivity index (χ0n) is 16.7. The van der Waals surface area contributed by atoms with Crippen molar-refractivity contribution in [1.29, 1.82) is 0 Å². The minimum Gasteiger partial charge on any atom is -0.462 e. The van der Waals surface area contributed by atoms with Crippen LogP contribution in [-0.4, -0.2) is 30.1 Å². The number of hydrogen-bond acceptors (Lipinski definition) is 6. The molecule has 0 aliphatic heterocycles. The fourth-order valence-electron chi connectivity index (χ4n) is 3.17. The van der Waals surface area contributed by atoms with E-state index in [0.717, 1.165) is 36.1 Å². The molecule has 2 N–H and O–H groups in total. The summed E-state index contributed by atoms with van der Waals surface area (Å²) in [5, 5.41) is 6.73. The largest absolute Gasteiger partial charge is 0.462 e. The topological polar surface area (TPSA) is 96.9 Å². The molecule has 2 amide bonds. The molecule has 1 aliphatic rings. The van der Waals surface area contributed by atoms with Gasteiger partial charge in [-0.2, -0.15) is 5.10 Å². The first-order valence-corrected chi connectivity index (χ1v) is 10.5. The van der Waals surface area contributed by atoms with Gasteiger partial charge in [0, 0.05) is 4.88 Å². The molecule has 1 aromatic carbocycles. The number of nitrogens with one attached hydrogen (secondary N) is 2. The standard InChI is InChI=1S/C21H22FN3O4S/c1-3-29-21(28)17-15-6-4-5-7-16(15)30-20(17)23-18(26)19(27)25-24-12(2)13-8-10-14(22)11-9-13/h8-11H,3-7H2,1-2H3,(H,23,26)(H,25,27)/b24-12+. The number of benzene rings is 1. The Kier molecular flexibility index (Phi) is 6.94. The van der Waals surface area contributed by atoms with E-state index >= 15 is 0 Å². The van der Waals surface area contributed by atoms with Crippen LogP contribution in [0.25, 0.3) is 0 Å². The number of rotatable bonds is 5. The number of fused-ring (bicyclic) bond motifs is 1. The van der Waals surface area contributed by atoms with Crippen LogP contribution in [0.1, 0.15) is 53.1 Å². The number of thiophene rings is 1. The number of carbonyl (C=O) groups is 3. The van der Waals surface area contributed by atoms with E-state index in [9.17, 15) is 18.8 Å². The molecule has 0 spiro atoms. The first kappa shape index (κ1) is 21.6. The van der Waals surface area contributed by atoms with Gasteiger partial charge < -0.3 is 10.1 Å². The molecule has 7 nitrogen and oxygen atoms in total. The van der Waals surface area contributed by atoms with Crippen LogP contribution in [0, 0.1) is 5.82 Å². The average Bonchev–Trinajstić information content (AvgIpc) is 3.10. The summed E-state index contributed by atoms with van der Waals surface area (Å²) in [6.07, 6.45) is 3.54. The Labute approximate surface area is 177 Å². The number of hydrazone groups is 1. The number of carbonyl (C=O) groups excluding carboxylic acids is 3. The Morgan fingerprint density at radius 2 is 1.83 bits per heavy atom. The minimum atomic E-state index is -0.974. The number of aryl methyl sites for hydroxylation is 1. The summed E-state index contributed by atoms with van der Waals surface area (Å²) in [7, 11) is 0. The lowest BCUT2D eigenvalue weighted by atomic mass is 9.95. The van der Waals surface area contributed by atoms with E-state index in [-0.39, 0.29) is 12.4 Å². The van der Waals surface area contributed by atoms with E-state index in [0.29, 0.717) is 21.8 Å². The zero-order valence-corrected chi connectivity index (χ0v) is 17.5. The number of amides is 2. The summed E-state index contributed by atoms with van der Waals surface area (Å²) in [5.41, 5.74) is 4.43. The van der Waals surface area contributed by atoms with Crippen LogP contribution in [0.2, 0.25) is 0 Å². The van der Waals surface area contributed by atoms with Crippen molar-refractivity contribution in [2.24, 2.45) is 5.10 Å². The molecule has 0 radical (unpaired) electrons. The highest BCUT2D eigenvalue weighted by Gasteiger charge is 2.28. The molecule has 0 bridgehead atoms. The van der Waals surface area contributed by atoms with E-state index in [1.807, 2.05) is 0 Å². The van der Waals surface area contributed by atoms with Crippen LogP contribution >= 0.6 is 11.3 Å². The minimum absolute atomic E-state index is 0.217. The molecular formula is C21H22FN3O4S. The van der Waals surface area contributed by atoms with Crippen LogP contribution in [0.15, 0.2) is 29.4 Å². The van der Waals surface area contributed by atoms with Gasteiger partial charge in [0.05, 0.1) is 17.9 Å². The van der Waals surface area contributed by atoms with Gasteiger partial charge in [0.25, 0.3) is 0 Å². The van der Waals surface area contributed by atoms with Crippen LogP contribution in [0.5, 0.6) is 0 Å². The van der Waals surface area contributed by atoms with E-state index in [4.69, 9.17) is 4.74 Å². The summed E-state index contributed by atoms with van der Waals surface area (Å²) in [6, 6.07) is 5.58. The van der Waals surface area contributed by atoms with Crippen molar-refractivity contribution in [3.63, 3.8) is 0 Å². The number of esters is 1. The highest BCUT2D eigenvalue weighted by atomic mass is 32.1. The second-order valence-corrected chi connectivity index (χ2v) is 7.84. The molecule has 0 saturated carbocycles. The number of hydrogen-bond donors (Lipinski definition) is 2. The van der Waals surface area contributed by atoms with Gasteiger partial charge in [-0.3, -0.25) is 9.59 Å². The molecule has 1 heterocycles. The Bertz CT molecular complexity index is 998. The highest BCUT2D eigenvalue weighted by Crippen LogP contribution is 2.38. The normalized spacial score (nSPS) is 13.4. The van der Waals surface area contributed by atoms with Crippen LogP contribution in [0.3, 0.4) is 0 Å². The van der Waals surface area contributed by atoms with Crippen molar-refractivity contribution in [2.45, 2.75) is 39.5 Å². The summed E-state index contributed by atoms with van der Waals surface area (Å²) >= 11 is 1.30. The number of halogens is 1. The molecule has 158 valence electrons. The van der Waals surface area contributed by atoms with Gasteiger partial charge in [0.15, 0.2) is 0 Å². The zero-order chi connectivity index (χ0) is 21.7. The summed E-state index contributed by atoms with van der Waals surface area (Å²) < 4.78 is 18.1. The molecule has 1 aromatic heterocycles. The molecule has 9 heteroatoms. The highest BCUT2D eigenvalue weighted by molar-refractivity contribution is 7.17. The molecule has 1 aliphatic carbocycles. The average molecular weight is 431 g/mol. The van der Waals surface area contributed by atoms with Gasteiger partial charge in [0.1, 0.15) is 10.8 Å². The van der Waals surface area contributed by atoms with Crippen molar-refractivity contribution in [2.75, 3.05) is 11.9 Å². The van der Waals surface area contributed by atoms with Crippen LogP contribution < -0.4 is 10.7 Å². The third-order valence-electron chi connectivity index (χ3n) is 4.67. The van der Waals surface area contributed by atoms with Gasteiger partial charge in [-0.15, -0.1) is 11.3 Å². The SMILES string of the molecule is CCOC(=O)c1c(NC(=O)C(=O)N/N=C(\C)c2ccc(F)cc2)sc2c1CCCC2. The predicted octanol–water partition coefficient (Wildman–Crippen LogP) is 3.42. The lowest BCUT2D eigenvalue weighted by Crippen LogP contribution is -2.33. The third kappa shape index (κ3) is 4.91. The molecule has 0 atom stereocenters. The van der Waals surface area contributed by atoms with Gasteiger partial charge in [-0.1, -0.05) is 12.1 Å². The number of nitrogens with zero attached hydrogens (tertiary/aromatic N) is 1. The fourth-order valence-corrected chi connectivity index (χ4v) is 4.45. The van der Waals surface area contributed by atoms with Crippen LogP contribution in [0.4, 0.5) is 9.39 Å². The first-order valence-electron chi connectivity index (χ1n) is 9.64. The fraction of sp³-hybridized carbons (Fsp3) is 0.333. The summed E-state index contributed by atoms with van der Waals surface area (Å²) in [5.74, 6) is -2.80. The van der Waals surface area contributed by atoms with E-state index in [2.05, 4.69) is 15.8 Å². The first-order chi connectivity index (χ1) is 14.4. The number of anilines is 1. The maximum absolute atomic E-state index is 13.0. The lowest BCUT2D eigenvalue weighted by molar-refractivity contribution is -0.136. The quantitative estimate of drug-likeness (QED) is 0.328. The molecule has 0 saturated heterocycles. The van der Waals surface area contributed by atoms with Crippen molar-refractivity contribution in [3.05, 3.63) is 51.7 Å². The Morgan fingerprint density at radius 1 is 1.13 bits per heavy atom. The van der Waals surface area contributed by atoms with Crippen molar-refractivity contribution < 1.29 is 23.5 Å². The second-order valence-electron chi connectivity index (χ2n) is 6.73. The van der Waals surface area contributed by atoms with Gasteiger partial charge in [-0.25, -0.2) is 14.6 Å². The van der Waals surface area contributed by atoms with Gasteiger partial charge in [-0.05, 0) is 62.8 Å². The summed E-state index contributed by atoms with van der Waals surface area (Å²) in [6.45, 7) is 3.55. The van der Waals surface area contributed by atoms with Crippen LogP contribution in [-0.2, 0) is 27.2 Å². The molecule has 30 heavy (non-hydrogen) atoms. The molecule has 0 fully saturated rings. The van der Waals surface area contributed by atoms with Crippen molar-refractivity contribution in [1.82, 2.24) is 5.43 Å². The lowest BCUT2D eigenvalue weighted by Gasteiger charge is -2.12. The van der Waals surface area contributed by atoms with E-state index < -0.39 is 17.8 Å². The predicted molar refractivity (Wildman–Crippen MR) is 112 cm³/mol. The smallest absolute Gasteiger partial charge is 0.341 e. The maximum Gasteiger partial charge on any atom is 0.341 e. The Hall–Kier alpha value is -3.07. The molecule has 0 unspecified atom stereocenters. The number of ether oxygens (including phenoxy) is 1.